The maximum Gasteiger partial charge on any atom is 0.303 e. The number of nitrogens with one attached hydrogen (secondary N) is 1. The van der Waals surface area contributed by atoms with E-state index in [0.29, 0.717) is 84.8 Å². The number of aliphatic hydroxyl groups excluding tert-OH is 1. The molecule has 2 aromatic rings. The highest BCUT2D eigenvalue weighted by atomic mass is 33.1. The molecule has 15 atom stereocenters. The van der Waals surface area contributed by atoms with Crippen molar-refractivity contribution in [3.63, 3.8) is 0 Å². The average molecular weight is 1120 g/mol. The SMILES string of the molecule is CC(=O)OC12CCc3cc(c(O)c4c3C3C=CC5(CCCC5C3)O4)CN3CC4(CC3=O)C(CCC4c3ccccc3)CN=C(N)NC3(CCCC34CCCC4)SSC3C=CC4C(CCC3C43CCCC34CCCC4)C(CC1)C(O)C2. The van der Waals surface area contributed by atoms with Gasteiger partial charge in [0, 0.05) is 78.4 Å². The van der Waals surface area contributed by atoms with E-state index in [9.17, 15) is 15.0 Å². The van der Waals surface area contributed by atoms with Crippen molar-refractivity contribution in [2.75, 3.05) is 13.1 Å². The highest BCUT2D eigenvalue weighted by molar-refractivity contribution is 8.77. The van der Waals surface area contributed by atoms with Crippen molar-refractivity contribution in [3.05, 3.63) is 83.0 Å². The number of rotatable bonds is 2. The Morgan fingerprint density at radius 2 is 1.61 bits per heavy atom. The molecule has 19 rings (SSSR count). The van der Waals surface area contributed by atoms with Crippen LogP contribution in [0.25, 0.3) is 0 Å². The largest absolute Gasteiger partial charge is 0.504 e. The van der Waals surface area contributed by atoms with E-state index in [1.807, 2.05) is 4.90 Å². The minimum atomic E-state index is -0.823. The fourth-order valence-electron chi connectivity index (χ4n) is 22.7. The molecule has 8 saturated carbocycles. The number of allylic oxidation sites excluding steroid dienone is 2. The molecule has 80 heavy (non-hydrogen) atoms. The topological polar surface area (TPSA) is 147 Å². The minimum absolute atomic E-state index is 0.0867. The fraction of sp³-hybridized carbons (Fsp3) is 0.721. The van der Waals surface area contributed by atoms with Crippen LogP contribution in [0.1, 0.15) is 214 Å². The molecular formula is C68H90N4O6S2. The van der Waals surface area contributed by atoms with E-state index >= 15 is 4.79 Å². The number of amides is 1. The zero-order chi connectivity index (χ0) is 54.3. The first-order valence-corrected chi connectivity index (χ1v) is 34.6. The van der Waals surface area contributed by atoms with E-state index in [0.717, 1.165) is 80.9 Å². The average Bonchev–Trinajstić information content (AvgIpc) is 4.55. The third-order valence-corrected chi connectivity index (χ3v) is 29.6. The number of carbonyl (C=O) groups excluding carboxylic acids is 2. The molecule has 7 heterocycles. The molecular weight excluding hydrogens is 1030 g/mol. The van der Waals surface area contributed by atoms with Gasteiger partial charge in [-0.05, 0) is 204 Å². The highest BCUT2D eigenvalue weighted by Gasteiger charge is 2.68. The molecule has 0 aromatic heterocycles. The fourth-order valence-corrected chi connectivity index (χ4v) is 26.8. The second-order valence-corrected chi connectivity index (χ2v) is 31.8. The number of hydrogen-bond donors (Lipinski definition) is 4. The second kappa shape index (κ2) is 19.7. The maximum atomic E-state index is 15.0. The Bertz CT molecular complexity index is 2850. The number of aromatic hydroxyl groups is 1. The lowest BCUT2D eigenvalue weighted by Gasteiger charge is -2.63. The van der Waals surface area contributed by atoms with Crippen LogP contribution < -0.4 is 15.8 Å². The summed E-state index contributed by atoms with van der Waals surface area (Å²) in [6.07, 6.45) is 39.4. The van der Waals surface area contributed by atoms with Crippen LogP contribution in [0.2, 0.25) is 0 Å². The van der Waals surface area contributed by atoms with Crippen LogP contribution in [0.4, 0.5) is 0 Å². The van der Waals surface area contributed by atoms with Gasteiger partial charge in [-0.1, -0.05) is 102 Å². The summed E-state index contributed by atoms with van der Waals surface area (Å²) in [7, 11) is 4.32. The molecule has 15 unspecified atom stereocenters. The summed E-state index contributed by atoms with van der Waals surface area (Å²) in [4.78, 5) is 35.7. The van der Waals surface area contributed by atoms with E-state index in [-0.39, 0.29) is 69.0 Å². The molecule has 2 aromatic carbocycles. The third-order valence-electron chi connectivity index (χ3n) is 26.0. The number of aliphatic hydroxyl groups is 1. The number of esters is 1. The van der Waals surface area contributed by atoms with Crippen LogP contribution in [0.5, 0.6) is 11.5 Å². The number of hydrogen-bond acceptors (Lipinski definition) is 11. The number of carbonyl (C=O) groups is 2. The van der Waals surface area contributed by atoms with Crippen LogP contribution in [0.15, 0.2) is 65.7 Å². The van der Waals surface area contributed by atoms with Crippen molar-refractivity contribution in [1.82, 2.24) is 10.2 Å². The Kier molecular flexibility index (Phi) is 13.1. The Morgan fingerprint density at radius 3 is 2.42 bits per heavy atom. The number of guanidine groups is 1. The standard InChI is InChI=1S/C68H90N4O6S2/c1-43(73)77-64-33-21-45-36-47(59(76)60-58(45)46-22-35-66(78-60)30-9-14-48(66)37-46)41-72-42-65(39-57(72)75)49(15-17-52(65)44-12-3-2-4-13-44)40-70-61(69)71-68(32-11-29-63(68)26-7-8-27-63)80-79-56-20-19-53-50(51(23-34-64)55(74)38-64)16-18-54(56)67(53)31-10-28-62(67)24-5-6-25-62/h2-4,12-13,19-20,22,35-36,46,48-56,74,76H,5-11,14-18,21,23-34,37-42H2,1H3,(H3,69,70,71). The minimum Gasteiger partial charge on any atom is -0.504 e. The first kappa shape index (κ1) is 53.1. The molecule has 12 heteroatoms. The van der Waals surface area contributed by atoms with Gasteiger partial charge >= 0.3 is 5.97 Å². The van der Waals surface area contributed by atoms with E-state index < -0.39 is 17.3 Å². The van der Waals surface area contributed by atoms with Crippen LogP contribution in [0.3, 0.4) is 0 Å². The predicted octanol–water partition coefficient (Wildman–Crippen LogP) is 13.7. The van der Waals surface area contributed by atoms with Crippen LogP contribution >= 0.6 is 21.6 Å². The first-order chi connectivity index (χ1) is 38.8. The molecule has 1 amide bonds. The zero-order valence-corrected chi connectivity index (χ0v) is 49.4. The normalized spacial score (nSPS) is 43.0. The van der Waals surface area contributed by atoms with E-state index in [4.69, 9.17) is 20.2 Å². The molecule has 7 aliphatic heterocycles. The smallest absolute Gasteiger partial charge is 0.303 e. The number of ether oxygens (including phenoxy) is 2. The molecule has 5 N–H and O–H groups in total. The van der Waals surface area contributed by atoms with Crippen LogP contribution in [-0.2, 0) is 27.3 Å². The number of phenolic OH excluding ortho intramolecular Hbond substituents is 1. The lowest BCUT2D eigenvalue weighted by Crippen LogP contribution is -2.59. The second-order valence-electron chi connectivity index (χ2n) is 29.1. The molecule has 12 bridgehead atoms. The van der Waals surface area contributed by atoms with Crippen molar-refractivity contribution < 1.29 is 29.3 Å². The van der Waals surface area contributed by atoms with Crippen molar-refractivity contribution in [1.29, 1.82) is 0 Å². The van der Waals surface area contributed by atoms with Crippen molar-refractivity contribution >= 4 is 39.4 Å². The van der Waals surface area contributed by atoms with Gasteiger partial charge in [0.25, 0.3) is 0 Å². The van der Waals surface area contributed by atoms with Crippen molar-refractivity contribution in [3.8, 4) is 11.5 Å². The van der Waals surface area contributed by atoms with Gasteiger partial charge in [0.15, 0.2) is 17.5 Å². The molecule has 9 fully saturated rings. The predicted molar refractivity (Wildman–Crippen MR) is 318 cm³/mol. The van der Waals surface area contributed by atoms with Gasteiger partial charge in [-0.15, -0.1) is 0 Å². The summed E-state index contributed by atoms with van der Waals surface area (Å²) in [5.74, 6) is 3.51. The molecule has 1 saturated heterocycles. The van der Waals surface area contributed by atoms with Gasteiger partial charge < -0.3 is 35.6 Å². The van der Waals surface area contributed by atoms with Gasteiger partial charge in [-0.25, -0.2) is 0 Å². The maximum absolute atomic E-state index is 15.0. The van der Waals surface area contributed by atoms with Gasteiger partial charge in [0.05, 0.1) is 6.10 Å². The monoisotopic (exact) mass is 1120 g/mol. The van der Waals surface area contributed by atoms with E-state index in [2.05, 4.69) is 87.6 Å². The van der Waals surface area contributed by atoms with Gasteiger partial charge in [0.1, 0.15) is 16.1 Å². The van der Waals surface area contributed by atoms with Crippen molar-refractivity contribution in [2.45, 2.75) is 233 Å². The zero-order valence-electron chi connectivity index (χ0n) is 47.8. The van der Waals surface area contributed by atoms with Crippen molar-refractivity contribution in [2.24, 2.45) is 67.9 Å². The number of fused-ring (bicyclic) bond motifs is 2. The number of benzene rings is 2. The number of phenols is 1. The third kappa shape index (κ3) is 8.03. The van der Waals surface area contributed by atoms with Gasteiger partial charge in [-0.2, -0.15) is 0 Å². The molecule has 17 aliphatic rings. The molecule has 6 spiro atoms. The summed E-state index contributed by atoms with van der Waals surface area (Å²) < 4.78 is 13.9. The van der Waals surface area contributed by atoms with Crippen LogP contribution in [-0.4, -0.2) is 73.5 Å². The van der Waals surface area contributed by atoms with E-state index in [1.165, 1.54) is 95.5 Å². The summed E-state index contributed by atoms with van der Waals surface area (Å²) in [6.45, 7) is 2.98. The number of aliphatic imine (C=N–C) groups is 1. The Balaban J connectivity index is 0.845. The number of aryl methyl sites for hydroxylation is 1. The Labute approximate surface area is 484 Å². The van der Waals surface area contributed by atoms with Gasteiger partial charge in [-0.3, -0.25) is 14.6 Å². The number of nitrogens with zero attached hydrogens (tertiary/aromatic N) is 2. The summed E-state index contributed by atoms with van der Waals surface area (Å²) in [5.41, 5.74) is 10.6. The molecule has 0 radical (unpaired) electrons. The van der Waals surface area contributed by atoms with Crippen LogP contribution in [0, 0.1) is 57.2 Å². The summed E-state index contributed by atoms with van der Waals surface area (Å²) in [6, 6.07) is 13.1. The Morgan fingerprint density at radius 1 is 0.825 bits per heavy atom. The van der Waals surface area contributed by atoms with E-state index in [1.54, 1.807) is 6.92 Å². The molecule has 10 aliphatic carbocycles. The lowest BCUT2D eigenvalue weighted by atomic mass is 9.43. The first-order valence-electron chi connectivity index (χ1n) is 32.4. The molecule has 10 nitrogen and oxygen atoms in total. The Hall–Kier alpha value is -3.61. The summed E-state index contributed by atoms with van der Waals surface area (Å²) in [5, 5.41) is 30.3. The lowest BCUT2D eigenvalue weighted by molar-refractivity contribution is -0.175. The highest BCUT2D eigenvalue weighted by Crippen LogP contribution is 2.76. The van der Waals surface area contributed by atoms with Gasteiger partial charge in [0.2, 0.25) is 5.91 Å². The quantitative estimate of drug-likeness (QED) is 0.130. The number of nitrogens with two attached hydrogens (primary N) is 1. The summed E-state index contributed by atoms with van der Waals surface area (Å²) >= 11 is 0. The molecule has 430 valence electrons.